The first kappa shape index (κ1) is 33.6. The number of hydrogen-bond donors (Lipinski definition) is 0. The van der Waals surface area contributed by atoms with Gasteiger partial charge in [-0.15, -0.1) is 0 Å². The summed E-state index contributed by atoms with van der Waals surface area (Å²) in [5, 5.41) is 5.10. The van der Waals surface area contributed by atoms with E-state index in [0.717, 1.165) is 57.8 Å². The number of hydrogen-bond acceptors (Lipinski definition) is 0. The number of benzene rings is 6. The van der Waals surface area contributed by atoms with Gasteiger partial charge in [0.1, 0.15) is 0 Å². The van der Waals surface area contributed by atoms with Crippen molar-refractivity contribution >= 4 is 23.8 Å². The Kier molecular flexibility index (Phi) is 8.59. The molecule has 0 nitrogen and oxygen atoms in total. The van der Waals surface area contributed by atoms with Crippen LogP contribution in [0, 0.1) is 0 Å². The first-order valence-corrected chi connectivity index (χ1v) is 21.5. The molecule has 6 aromatic rings. The maximum atomic E-state index is 2.60. The van der Waals surface area contributed by atoms with Crippen molar-refractivity contribution in [2.75, 3.05) is 0 Å². The Hall–Kier alpha value is -4.25. The summed E-state index contributed by atoms with van der Waals surface area (Å²) in [7, 11) is -0.908. The van der Waals surface area contributed by atoms with Gasteiger partial charge < -0.3 is 0 Å². The van der Waals surface area contributed by atoms with Crippen LogP contribution in [0.15, 0.2) is 91.0 Å². The minimum Gasteiger partial charge on any atom is -0.0619 e. The van der Waals surface area contributed by atoms with Crippen LogP contribution in [-0.2, 0) is 57.8 Å². The molecule has 0 unspecified atom stereocenters. The summed E-state index contributed by atoms with van der Waals surface area (Å²) in [5.41, 5.74) is 27.7. The van der Waals surface area contributed by atoms with Crippen molar-refractivity contribution in [2.45, 2.75) is 99.3 Å². The molecule has 3 aliphatic carbocycles. The number of rotatable bonds is 9. The minimum atomic E-state index is -0.908. The van der Waals surface area contributed by atoms with Crippen LogP contribution in [0.3, 0.4) is 0 Å². The van der Waals surface area contributed by atoms with E-state index in [2.05, 4.69) is 133 Å². The standard InChI is InChI=1S/C51H51P/c1-7-31-25-43-40-22-16-13-19-34(40)28-46(43)49(37(31)10-4)52(50-38(11-5)32(8-2)26-44-41-23-17-14-20-35(41)29-47(44)50)51-39(12-6)33(9-3)27-45-42-24-18-15-21-36(42)30-48(45)51/h13-27H,7-12,28-30H2,1-6H3. The average molecular weight is 695 g/mol. The fraction of sp³-hybridized carbons (Fsp3) is 0.294. The summed E-state index contributed by atoms with van der Waals surface area (Å²) in [6.45, 7) is 14.5. The van der Waals surface area contributed by atoms with Crippen LogP contribution in [0.25, 0.3) is 33.4 Å². The Morgan fingerprint density at radius 1 is 0.365 bits per heavy atom. The molecule has 0 heterocycles. The Bertz CT molecular complexity index is 2140. The second-order valence-electron chi connectivity index (χ2n) is 15.1. The fourth-order valence-corrected chi connectivity index (χ4v) is 14.1. The van der Waals surface area contributed by atoms with E-state index in [1.54, 1.807) is 66.0 Å². The lowest BCUT2D eigenvalue weighted by molar-refractivity contribution is 1.04. The van der Waals surface area contributed by atoms with E-state index in [4.69, 9.17) is 0 Å². The summed E-state index contributed by atoms with van der Waals surface area (Å²) in [6, 6.07) is 35.7. The van der Waals surface area contributed by atoms with Gasteiger partial charge in [0.2, 0.25) is 0 Å². The van der Waals surface area contributed by atoms with E-state index in [9.17, 15) is 0 Å². The molecule has 0 fully saturated rings. The van der Waals surface area contributed by atoms with Gasteiger partial charge in [-0.2, -0.15) is 0 Å². The molecular weight excluding hydrogens is 644 g/mol. The van der Waals surface area contributed by atoms with Gasteiger partial charge in [0.25, 0.3) is 0 Å². The summed E-state index contributed by atoms with van der Waals surface area (Å²) < 4.78 is 0. The second kappa shape index (κ2) is 13.3. The Morgan fingerprint density at radius 2 is 0.654 bits per heavy atom. The lowest BCUT2D eigenvalue weighted by atomic mass is 9.94. The van der Waals surface area contributed by atoms with Crippen molar-refractivity contribution in [3.05, 3.63) is 158 Å². The van der Waals surface area contributed by atoms with E-state index < -0.39 is 7.92 Å². The fourth-order valence-electron chi connectivity index (χ4n) is 10.3. The van der Waals surface area contributed by atoms with Crippen molar-refractivity contribution in [3.63, 3.8) is 0 Å². The molecule has 0 saturated carbocycles. The summed E-state index contributed by atoms with van der Waals surface area (Å²) in [6.07, 6.45) is 9.48. The molecule has 6 aromatic carbocycles. The Labute approximate surface area is 313 Å². The highest BCUT2D eigenvalue weighted by molar-refractivity contribution is 7.80. The van der Waals surface area contributed by atoms with Crippen LogP contribution in [0.2, 0.25) is 0 Å². The topological polar surface area (TPSA) is 0 Å². The Morgan fingerprint density at radius 3 is 0.923 bits per heavy atom. The smallest absolute Gasteiger partial charge is 0.000677 e. The molecule has 0 saturated heterocycles. The maximum Gasteiger partial charge on any atom is -0.000677 e. The highest BCUT2D eigenvalue weighted by Crippen LogP contribution is 2.52. The van der Waals surface area contributed by atoms with Gasteiger partial charge in [0.15, 0.2) is 0 Å². The molecule has 0 atom stereocenters. The molecule has 9 rings (SSSR count). The zero-order chi connectivity index (χ0) is 35.7. The molecule has 260 valence electrons. The lowest BCUT2D eigenvalue weighted by Gasteiger charge is -2.34. The number of aryl methyl sites for hydroxylation is 3. The average Bonchev–Trinajstić information content (AvgIpc) is 3.88. The van der Waals surface area contributed by atoms with Crippen molar-refractivity contribution < 1.29 is 0 Å². The van der Waals surface area contributed by atoms with Gasteiger partial charge >= 0.3 is 0 Å². The summed E-state index contributed by atoms with van der Waals surface area (Å²) in [4.78, 5) is 0. The SMILES string of the molecule is CCc1cc2c(c(P(c3c(CC)c(CC)cc4c3Cc3ccccc3-4)c3c(CC)c(CC)cc4c3Cc3ccccc3-4)c1CC)Cc1ccccc1-2. The predicted octanol–water partition coefficient (Wildman–Crippen LogP) is 11.5. The van der Waals surface area contributed by atoms with Crippen molar-refractivity contribution in [1.82, 2.24) is 0 Å². The van der Waals surface area contributed by atoms with Gasteiger partial charge in [-0.05, 0) is 182 Å². The normalized spacial score (nSPS) is 13.2. The van der Waals surface area contributed by atoms with Crippen molar-refractivity contribution in [2.24, 2.45) is 0 Å². The van der Waals surface area contributed by atoms with Crippen molar-refractivity contribution in [1.29, 1.82) is 0 Å². The third kappa shape index (κ3) is 4.90. The van der Waals surface area contributed by atoms with Gasteiger partial charge in [0.05, 0.1) is 0 Å². The van der Waals surface area contributed by atoms with E-state index in [1.807, 2.05) is 0 Å². The molecule has 0 bridgehead atoms. The highest BCUT2D eigenvalue weighted by atomic mass is 31.1. The Balaban J connectivity index is 1.49. The lowest BCUT2D eigenvalue weighted by Crippen LogP contribution is -2.34. The van der Waals surface area contributed by atoms with Crippen LogP contribution in [-0.4, -0.2) is 0 Å². The highest BCUT2D eigenvalue weighted by Gasteiger charge is 2.39. The molecule has 0 N–H and O–H groups in total. The molecule has 0 amide bonds. The summed E-state index contributed by atoms with van der Waals surface area (Å²) >= 11 is 0. The minimum absolute atomic E-state index is 0.908. The van der Waals surface area contributed by atoms with Crippen LogP contribution in [0.4, 0.5) is 0 Å². The van der Waals surface area contributed by atoms with Gasteiger partial charge in [-0.25, -0.2) is 0 Å². The third-order valence-electron chi connectivity index (χ3n) is 12.7. The second-order valence-corrected chi connectivity index (χ2v) is 17.1. The molecule has 0 spiro atoms. The third-order valence-corrected chi connectivity index (χ3v) is 15.7. The van der Waals surface area contributed by atoms with Crippen LogP contribution >= 0.6 is 7.92 Å². The molecule has 3 aliphatic rings. The first-order valence-electron chi connectivity index (χ1n) is 20.1. The molecule has 52 heavy (non-hydrogen) atoms. The number of fused-ring (bicyclic) bond motifs is 9. The maximum absolute atomic E-state index is 2.60. The van der Waals surface area contributed by atoms with Crippen molar-refractivity contribution in [3.8, 4) is 33.4 Å². The molecule has 0 aromatic heterocycles. The van der Waals surface area contributed by atoms with Gasteiger partial charge in [0, 0.05) is 0 Å². The quantitative estimate of drug-likeness (QED) is 0.132. The molecule has 0 radical (unpaired) electrons. The largest absolute Gasteiger partial charge is 0.0619 e. The summed E-state index contributed by atoms with van der Waals surface area (Å²) in [5.74, 6) is 0. The molecule has 0 aliphatic heterocycles. The van der Waals surface area contributed by atoms with Crippen LogP contribution in [0.1, 0.15) is 108 Å². The monoisotopic (exact) mass is 694 g/mol. The van der Waals surface area contributed by atoms with E-state index >= 15 is 0 Å². The predicted molar refractivity (Wildman–Crippen MR) is 226 cm³/mol. The van der Waals surface area contributed by atoms with Gasteiger partial charge in [-0.3, -0.25) is 0 Å². The molecular formula is C51H51P. The van der Waals surface area contributed by atoms with E-state index in [1.165, 1.54) is 50.1 Å². The van der Waals surface area contributed by atoms with Gasteiger partial charge in [-0.1, -0.05) is 133 Å². The zero-order valence-electron chi connectivity index (χ0n) is 32.0. The molecule has 1 heteroatoms. The zero-order valence-corrected chi connectivity index (χ0v) is 32.9. The van der Waals surface area contributed by atoms with E-state index in [-0.39, 0.29) is 0 Å². The first-order chi connectivity index (χ1) is 25.5. The van der Waals surface area contributed by atoms with E-state index in [0.29, 0.717) is 0 Å². The van der Waals surface area contributed by atoms with Crippen LogP contribution < -0.4 is 15.9 Å². The van der Waals surface area contributed by atoms with Crippen LogP contribution in [0.5, 0.6) is 0 Å².